The Morgan fingerprint density at radius 1 is 1.19 bits per heavy atom. The van der Waals surface area contributed by atoms with Crippen LogP contribution in [-0.2, 0) is 4.79 Å². The molecule has 3 heterocycles. The van der Waals surface area contributed by atoms with Gasteiger partial charge in [-0.2, -0.15) is 0 Å². The number of amides is 2. The van der Waals surface area contributed by atoms with Crippen molar-refractivity contribution in [3.05, 3.63) is 66.0 Å². The quantitative estimate of drug-likeness (QED) is 0.895. The maximum absolute atomic E-state index is 13.2. The first kappa shape index (κ1) is 17.7. The number of hydrogen-bond acceptors (Lipinski definition) is 4. The van der Waals surface area contributed by atoms with E-state index in [4.69, 9.17) is 0 Å². The van der Waals surface area contributed by atoms with E-state index in [1.807, 2.05) is 37.3 Å². The summed E-state index contributed by atoms with van der Waals surface area (Å²) in [4.78, 5) is 33.0. The molecule has 0 saturated carbocycles. The number of likely N-dealkylation sites (tertiary alicyclic amines) is 2. The third-order valence-electron chi connectivity index (χ3n) is 5.83. The van der Waals surface area contributed by atoms with Crippen molar-refractivity contribution in [2.24, 2.45) is 0 Å². The van der Waals surface area contributed by atoms with Crippen LogP contribution in [0.1, 0.15) is 35.2 Å². The number of carbonyl (C=O) groups is 2. The Morgan fingerprint density at radius 2 is 1.93 bits per heavy atom. The van der Waals surface area contributed by atoms with E-state index in [0.29, 0.717) is 25.1 Å². The monoisotopic (exact) mass is 365 g/mol. The molecule has 27 heavy (non-hydrogen) atoms. The summed E-state index contributed by atoms with van der Waals surface area (Å²) in [6.45, 7) is 2.73. The van der Waals surface area contributed by atoms with Crippen molar-refractivity contribution < 1.29 is 14.7 Å². The summed E-state index contributed by atoms with van der Waals surface area (Å²) in [5.74, 6) is -0.0446. The molecule has 2 atom stereocenters. The molecular weight excluding hydrogens is 342 g/mol. The van der Waals surface area contributed by atoms with Crippen molar-refractivity contribution in [3.63, 3.8) is 0 Å². The molecule has 6 nitrogen and oxygen atoms in total. The lowest BCUT2D eigenvalue weighted by molar-refractivity contribution is -0.178. The highest BCUT2D eigenvalue weighted by molar-refractivity contribution is 5.96. The number of benzene rings is 1. The maximum Gasteiger partial charge on any atom is 0.256 e. The zero-order valence-corrected chi connectivity index (χ0v) is 15.3. The summed E-state index contributed by atoms with van der Waals surface area (Å²) in [6.07, 6.45) is 3.63. The highest BCUT2D eigenvalue weighted by Crippen LogP contribution is 2.54. The Hall–Kier alpha value is -2.73. The topological polar surface area (TPSA) is 73.7 Å². The minimum atomic E-state index is -0.466. The van der Waals surface area contributed by atoms with Gasteiger partial charge in [-0.3, -0.25) is 14.6 Å². The molecule has 4 rings (SSSR count). The van der Waals surface area contributed by atoms with Crippen molar-refractivity contribution >= 4 is 11.8 Å². The third-order valence-corrected chi connectivity index (χ3v) is 5.83. The minimum absolute atomic E-state index is 0.00484. The zero-order valence-electron chi connectivity index (χ0n) is 15.3. The number of aliphatic hydroxyl groups is 1. The van der Waals surface area contributed by atoms with Gasteiger partial charge in [0, 0.05) is 37.8 Å². The van der Waals surface area contributed by atoms with Crippen LogP contribution in [-0.4, -0.2) is 63.0 Å². The molecular formula is C21H23N3O3. The van der Waals surface area contributed by atoms with Crippen LogP contribution in [0.2, 0.25) is 0 Å². The van der Waals surface area contributed by atoms with Gasteiger partial charge in [0.15, 0.2) is 0 Å². The molecule has 2 aliphatic rings. The molecule has 1 aromatic carbocycles. The molecule has 1 spiro atoms. The van der Waals surface area contributed by atoms with Crippen LogP contribution in [0, 0.1) is 0 Å². The van der Waals surface area contributed by atoms with Gasteiger partial charge < -0.3 is 14.9 Å². The van der Waals surface area contributed by atoms with Crippen LogP contribution in [0.5, 0.6) is 0 Å². The molecule has 0 aliphatic carbocycles. The maximum atomic E-state index is 13.2. The second-order valence-corrected chi connectivity index (χ2v) is 7.26. The molecule has 0 radical (unpaired) electrons. The van der Waals surface area contributed by atoms with Gasteiger partial charge in [-0.25, -0.2) is 0 Å². The molecule has 2 amide bonds. The molecule has 6 heteroatoms. The smallest absolute Gasteiger partial charge is 0.256 e. The normalized spacial score (nSPS) is 22.9. The number of nitrogens with zero attached hydrogens (tertiary/aromatic N) is 3. The zero-order chi connectivity index (χ0) is 19.0. The SMILES string of the molecule is CCC(=O)N1CC2(C1)[C@@H](c1ccccc1)[C@H](CO)N2C(=O)c1cccnc1. The highest BCUT2D eigenvalue weighted by Gasteiger charge is 2.68. The second kappa shape index (κ2) is 6.78. The summed E-state index contributed by atoms with van der Waals surface area (Å²) in [5.41, 5.74) is 1.13. The van der Waals surface area contributed by atoms with Crippen LogP contribution in [0.25, 0.3) is 0 Å². The van der Waals surface area contributed by atoms with E-state index >= 15 is 0 Å². The number of aliphatic hydroxyl groups excluding tert-OH is 1. The number of hydrogen-bond donors (Lipinski definition) is 1. The number of aromatic nitrogens is 1. The van der Waals surface area contributed by atoms with Crippen LogP contribution < -0.4 is 0 Å². The summed E-state index contributed by atoms with van der Waals surface area (Å²) < 4.78 is 0. The Kier molecular flexibility index (Phi) is 4.44. The third kappa shape index (κ3) is 2.63. The summed E-state index contributed by atoms with van der Waals surface area (Å²) in [6, 6.07) is 13.1. The van der Waals surface area contributed by atoms with Gasteiger partial charge in [0.1, 0.15) is 0 Å². The predicted molar refractivity (Wildman–Crippen MR) is 100 cm³/mol. The largest absolute Gasteiger partial charge is 0.394 e. The van der Waals surface area contributed by atoms with Crippen LogP contribution in [0.4, 0.5) is 0 Å². The first-order valence-electron chi connectivity index (χ1n) is 9.29. The van der Waals surface area contributed by atoms with Crippen molar-refractivity contribution in [3.8, 4) is 0 Å². The number of carbonyl (C=O) groups excluding carboxylic acids is 2. The van der Waals surface area contributed by atoms with Crippen LogP contribution >= 0.6 is 0 Å². The fourth-order valence-corrected chi connectivity index (χ4v) is 4.63. The molecule has 2 aromatic rings. The van der Waals surface area contributed by atoms with Crippen molar-refractivity contribution in [2.45, 2.75) is 30.8 Å². The first-order valence-corrected chi connectivity index (χ1v) is 9.29. The standard InChI is InChI=1S/C21H23N3O3/c1-2-18(26)23-13-21(14-23)19(15-7-4-3-5-8-15)17(12-25)24(21)20(27)16-9-6-10-22-11-16/h3-11,17,19,25H,2,12-14H2,1H3/t17-,19-/m0/s1. The van der Waals surface area contributed by atoms with Crippen molar-refractivity contribution in [2.75, 3.05) is 19.7 Å². The van der Waals surface area contributed by atoms with Gasteiger partial charge in [-0.15, -0.1) is 0 Å². The predicted octanol–water partition coefficient (Wildman–Crippen LogP) is 1.67. The Morgan fingerprint density at radius 3 is 2.52 bits per heavy atom. The van der Waals surface area contributed by atoms with E-state index in [-0.39, 0.29) is 30.4 Å². The Balaban J connectivity index is 1.69. The van der Waals surface area contributed by atoms with Crippen LogP contribution in [0.3, 0.4) is 0 Å². The number of rotatable bonds is 4. The second-order valence-electron chi connectivity index (χ2n) is 7.26. The fraction of sp³-hybridized carbons (Fsp3) is 0.381. The lowest BCUT2D eigenvalue weighted by Gasteiger charge is -2.70. The van der Waals surface area contributed by atoms with Gasteiger partial charge in [0.25, 0.3) is 5.91 Å². The molecule has 140 valence electrons. The van der Waals surface area contributed by atoms with Gasteiger partial charge in [-0.1, -0.05) is 37.3 Å². The van der Waals surface area contributed by atoms with E-state index < -0.39 is 5.54 Å². The molecule has 2 fully saturated rings. The lowest BCUT2D eigenvalue weighted by atomic mass is 9.60. The fourth-order valence-electron chi connectivity index (χ4n) is 4.63. The first-order chi connectivity index (χ1) is 13.1. The van der Waals surface area contributed by atoms with E-state index in [9.17, 15) is 14.7 Å². The van der Waals surface area contributed by atoms with Crippen molar-refractivity contribution in [1.82, 2.24) is 14.8 Å². The van der Waals surface area contributed by atoms with E-state index in [0.717, 1.165) is 5.56 Å². The van der Waals surface area contributed by atoms with E-state index in [2.05, 4.69) is 4.98 Å². The summed E-state index contributed by atoms with van der Waals surface area (Å²) in [5, 5.41) is 10.1. The molecule has 2 saturated heterocycles. The number of pyridine rings is 1. The average Bonchev–Trinajstić information content (AvgIpc) is 2.67. The van der Waals surface area contributed by atoms with Gasteiger partial charge >= 0.3 is 0 Å². The van der Waals surface area contributed by atoms with Gasteiger partial charge in [-0.05, 0) is 17.7 Å². The molecule has 0 unspecified atom stereocenters. The van der Waals surface area contributed by atoms with Gasteiger partial charge in [0.05, 0.1) is 23.8 Å². The Labute approximate surface area is 158 Å². The van der Waals surface area contributed by atoms with E-state index in [1.165, 1.54) is 0 Å². The average molecular weight is 365 g/mol. The molecule has 1 aromatic heterocycles. The molecule has 0 bridgehead atoms. The highest BCUT2D eigenvalue weighted by atomic mass is 16.3. The van der Waals surface area contributed by atoms with Gasteiger partial charge in [0.2, 0.25) is 5.91 Å². The van der Waals surface area contributed by atoms with Crippen molar-refractivity contribution in [1.29, 1.82) is 0 Å². The molecule has 1 N–H and O–H groups in total. The Bertz CT molecular complexity index is 834. The van der Waals surface area contributed by atoms with Crippen LogP contribution in [0.15, 0.2) is 54.9 Å². The molecule has 2 aliphatic heterocycles. The summed E-state index contributed by atoms with van der Waals surface area (Å²) in [7, 11) is 0. The summed E-state index contributed by atoms with van der Waals surface area (Å²) >= 11 is 0. The van der Waals surface area contributed by atoms with E-state index in [1.54, 1.807) is 34.3 Å². The minimum Gasteiger partial charge on any atom is -0.394 e. The lowest BCUT2D eigenvalue weighted by Crippen LogP contribution is -2.85.